The highest BCUT2D eigenvalue weighted by Crippen LogP contribution is 2.13. The van der Waals surface area contributed by atoms with Crippen LogP contribution in [0.25, 0.3) is 11.0 Å². The zero-order valence-corrected chi connectivity index (χ0v) is 8.82. The molecule has 1 heterocycles. The van der Waals surface area contributed by atoms with E-state index in [9.17, 15) is 4.79 Å². The van der Waals surface area contributed by atoms with Gasteiger partial charge in [-0.3, -0.25) is 0 Å². The number of rotatable bonds is 3. The van der Waals surface area contributed by atoms with Crippen LogP contribution in [0.15, 0.2) is 39.5 Å². The Morgan fingerprint density at radius 3 is 2.87 bits per heavy atom. The molecule has 0 radical (unpaired) electrons. The lowest BCUT2D eigenvalue weighted by Gasteiger charge is -2.00. The zero-order valence-electron chi connectivity index (χ0n) is 8.82. The molecule has 2 nitrogen and oxygen atoms in total. The maximum absolute atomic E-state index is 11.6. The van der Waals surface area contributed by atoms with Crippen LogP contribution in [-0.4, -0.2) is 0 Å². The van der Waals surface area contributed by atoms with Crippen LogP contribution in [0.3, 0.4) is 0 Å². The van der Waals surface area contributed by atoms with Gasteiger partial charge in [0.15, 0.2) is 0 Å². The number of hydrogen-bond acceptors (Lipinski definition) is 2. The van der Waals surface area contributed by atoms with E-state index in [0.717, 1.165) is 30.2 Å². The number of unbranched alkanes of at least 4 members (excludes halogenated alkanes) is 1. The second kappa shape index (κ2) is 4.30. The van der Waals surface area contributed by atoms with Crippen molar-refractivity contribution in [3.05, 3.63) is 46.3 Å². The third-order valence-corrected chi connectivity index (χ3v) is 2.51. The lowest BCUT2D eigenvalue weighted by atomic mass is 10.1. The van der Waals surface area contributed by atoms with Gasteiger partial charge in [0.25, 0.3) is 0 Å². The predicted molar refractivity (Wildman–Crippen MR) is 61.1 cm³/mol. The number of fused-ring (bicyclic) bond motifs is 1. The van der Waals surface area contributed by atoms with Gasteiger partial charge in [-0.25, -0.2) is 4.79 Å². The fourth-order valence-corrected chi connectivity index (χ4v) is 1.65. The molecule has 2 aromatic rings. The summed E-state index contributed by atoms with van der Waals surface area (Å²) in [6, 6.07) is 9.55. The number of para-hydroxylation sites is 1. The Morgan fingerprint density at radius 2 is 2.07 bits per heavy atom. The van der Waals surface area contributed by atoms with Gasteiger partial charge in [-0.2, -0.15) is 0 Å². The molecule has 0 saturated heterocycles. The number of hydrogen-bond donors (Lipinski definition) is 0. The van der Waals surface area contributed by atoms with Crippen molar-refractivity contribution in [2.45, 2.75) is 26.2 Å². The van der Waals surface area contributed by atoms with E-state index < -0.39 is 0 Å². The summed E-state index contributed by atoms with van der Waals surface area (Å²) < 4.78 is 5.23. The highest BCUT2D eigenvalue weighted by Gasteiger charge is 2.03. The summed E-state index contributed by atoms with van der Waals surface area (Å²) in [4.78, 5) is 11.6. The molecule has 15 heavy (non-hydrogen) atoms. The highest BCUT2D eigenvalue weighted by atomic mass is 16.4. The first-order valence-electron chi connectivity index (χ1n) is 5.33. The van der Waals surface area contributed by atoms with Crippen LogP contribution in [0.1, 0.15) is 25.3 Å². The van der Waals surface area contributed by atoms with Gasteiger partial charge in [0, 0.05) is 10.9 Å². The summed E-state index contributed by atoms with van der Waals surface area (Å²) in [5.74, 6) is 0. The minimum Gasteiger partial charge on any atom is -0.423 e. The molecule has 1 aromatic heterocycles. The maximum Gasteiger partial charge on any atom is 0.339 e. The van der Waals surface area contributed by atoms with E-state index in [1.165, 1.54) is 0 Å². The molecule has 0 aliphatic heterocycles. The van der Waals surface area contributed by atoms with E-state index >= 15 is 0 Å². The molecule has 0 unspecified atom stereocenters. The molecule has 0 amide bonds. The molecular weight excluding hydrogens is 188 g/mol. The smallest absolute Gasteiger partial charge is 0.339 e. The van der Waals surface area contributed by atoms with E-state index in [4.69, 9.17) is 4.42 Å². The largest absolute Gasteiger partial charge is 0.423 e. The minimum absolute atomic E-state index is 0.192. The molecule has 0 aliphatic carbocycles. The van der Waals surface area contributed by atoms with Crippen molar-refractivity contribution >= 4 is 11.0 Å². The van der Waals surface area contributed by atoms with Crippen LogP contribution >= 0.6 is 0 Å². The topological polar surface area (TPSA) is 30.2 Å². The molecule has 0 spiro atoms. The normalized spacial score (nSPS) is 10.7. The second-order valence-electron chi connectivity index (χ2n) is 3.70. The molecule has 0 bridgehead atoms. The van der Waals surface area contributed by atoms with Gasteiger partial charge in [0.1, 0.15) is 5.58 Å². The number of aryl methyl sites for hydroxylation is 1. The lowest BCUT2D eigenvalue weighted by Crippen LogP contribution is -2.06. The molecule has 0 N–H and O–H groups in total. The number of benzene rings is 1. The Labute approximate surface area is 88.5 Å². The molecule has 0 fully saturated rings. The summed E-state index contributed by atoms with van der Waals surface area (Å²) in [7, 11) is 0. The highest BCUT2D eigenvalue weighted by molar-refractivity contribution is 5.76. The van der Waals surface area contributed by atoms with Gasteiger partial charge < -0.3 is 4.42 Å². The second-order valence-corrected chi connectivity index (χ2v) is 3.70. The lowest BCUT2D eigenvalue weighted by molar-refractivity contribution is 0.547. The Hall–Kier alpha value is -1.57. The van der Waals surface area contributed by atoms with Gasteiger partial charge in [-0.05, 0) is 25.0 Å². The average molecular weight is 202 g/mol. The molecule has 1 aromatic carbocycles. The Morgan fingerprint density at radius 1 is 1.27 bits per heavy atom. The first-order chi connectivity index (χ1) is 7.31. The van der Waals surface area contributed by atoms with Crippen LogP contribution in [0, 0.1) is 0 Å². The standard InChI is InChI=1S/C13H14O2/c1-2-3-6-11-9-10-7-4-5-8-12(10)15-13(11)14/h4-5,7-9H,2-3,6H2,1H3. The zero-order chi connectivity index (χ0) is 10.7. The monoisotopic (exact) mass is 202 g/mol. The molecule has 2 rings (SSSR count). The summed E-state index contributed by atoms with van der Waals surface area (Å²) in [5, 5.41) is 1.00. The molecule has 0 atom stereocenters. The SMILES string of the molecule is CCCCc1cc2ccccc2oc1=O. The summed E-state index contributed by atoms with van der Waals surface area (Å²) in [5.41, 5.74) is 1.26. The third kappa shape index (κ3) is 2.09. The van der Waals surface area contributed by atoms with Gasteiger partial charge >= 0.3 is 5.63 Å². The van der Waals surface area contributed by atoms with Crippen molar-refractivity contribution in [3.63, 3.8) is 0 Å². The van der Waals surface area contributed by atoms with Crippen LogP contribution in [-0.2, 0) is 6.42 Å². The fourth-order valence-electron chi connectivity index (χ4n) is 1.65. The van der Waals surface area contributed by atoms with E-state index in [2.05, 4.69) is 6.92 Å². The van der Waals surface area contributed by atoms with Crippen molar-refractivity contribution in [3.8, 4) is 0 Å². The van der Waals surface area contributed by atoms with Crippen LogP contribution < -0.4 is 5.63 Å². The van der Waals surface area contributed by atoms with Gasteiger partial charge in [0.05, 0.1) is 0 Å². The fraction of sp³-hybridized carbons (Fsp3) is 0.308. The van der Waals surface area contributed by atoms with Crippen molar-refractivity contribution in [2.24, 2.45) is 0 Å². The van der Waals surface area contributed by atoms with E-state index in [1.807, 2.05) is 30.3 Å². The van der Waals surface area contributed by atoms with Crippen molar-refractivity contribution in [1.82, 2.24) is 0 Å². The predicted octanol–water partition coefficient (Wildman–Crippen LogP) is 3.14. The molecular formula is C13H14O2. The van der Waals surface area contributed by atoms with Gasteiger partial charge in [0.2, 0.25) is 0 Å². The Kier molecular flexibility index (Phi) is 2.86. The van der Waals surface area contributed by atoms with Crippen LogP contribution in [0.4, 0.5) is 0 Å². The molecule has 2 heteroatoms. The maximum atomic E-state index is 11.6. The van der Waals surface area contributed by atoms with Crippen molar-refractivity contribution in [2.75, 3.05) is 0 Å². The van der Waals surface area contributed by atoms with Gasteiger partial charge in [-0.1, -0.05) is 31.5 Å². The summed E-state index contributed by atoms with van der Waals surface area (Å²) >= 11 is 0. The first kappa shape index (κ1) is 9.97. The average Bonchev–Trinajstić information content (AvgIpc) is 2.26. The quantitative estimate of drug-likeness (QED) is 0.716. The van der Waals surface area contributed by atoms with E-state index in [-0.39, 0.29) is 5.63 Å². The molecule has 78 valence electrons. The van der Waals surface area contributed by atoms with Crippen molar-refractivity contribution < 1.29 is 4.42 Å². The minimum atomic E-state index is -0.192. The third-order valence-electron chi connectivity index (χ3n) is 2.51. The van der Waals surface area contributed by atoms with Crippen LogP contribution in [0.2, 0.25) is 0 Å². The molecule has 0 saturated carbocycles. The Balaban J connectivity index is 2.48. The van der Waals surface area contributed by atoms with Gasteiger partial charge in [-0.15, -0.1) is 0 Å². The summed E-state index contributed by atoms with van der Waals surface area (Å²) in [6.45, 7) is 2.11. The first-order valence-corrected chi connectivity index (χ1v) is 5.33. The van der Waals surface area contributed by atoms with Crippen molar-refractivity contribution in [1.29, 1.82) is 0 Å². The molecule has 0 aliphatic rings. The summed E-state index contributed by atoms with van der Waals surface area (Å²) in [6.07, 6.45) is 2.93. The Bertz CT molecular complexity index is 511. The van der Waals surface area contributed by atoms with E-state index in [0.29, 0.717) is 5.58 Å². The van der Waals surface area contributed by atoms with E-state index in [1.54, 1.807) is 0 Å². The van der Waals surface area contributed by atoms with Crippen LogP contribution in [0.5, 0.6) is 0 Å².